The van der Waals surface area contributed by atoms with Gasteiger partial charge in [0.25, 0.3) is 0 Å². The Morgan fingerprint density at radius 3 is 2.32 bits per heavy atom. The first kappa shape index (κ1) is 31.8. The molecule has 234 valence electrons. The fourth-order valence-corrected chi connectivity index (χ4v) is 6.14. The molecular weight excluding hydrogens is 582 g/mol. The van der Waals surface area contributed by atoms with Crippen LogP contribution >= 0.6 is 11.6 Å². The molecule has 3 aromatic rings. The Bertz CT molecular complexity index is 1490. The highest BCUT2D eigenvalue weighted by atomic mass is 35.5. The van der Waals surface area contributed by atoms with Crippen LogP contribution in [0.4, 0.5) is 0 Å². The molecule has 5 rings (SSSR count). The Morgan fingerprint density at radius 2 is 1.61 bits per heavy atom. The second kappa shape index (κ2) is 13.6. The minimum atomic E-state index is -0.578. The van der Waals surface area contributed by atoms with Crippen LogP contribution in [0.5, 0.6) is 11.5 Å². The summed E-state index contributed by atoms with van der Waals surface area (Å²) in [6.07, 6.45) is 0.225. The summed E-state index contributed by atoms with van der Waals surface area (Å²) in [5.41, 5.74) is 4.02. The molecule has 0 aromatic heterocycles. The average Bonchev–Trinajstić information content (AvgIpc) is 3.13. The molecule has 2 aliphatic rings. The molecule has 1 saturated heterocycles. The molecule has 0 aliphatic carbocycles. The van der Waals surface area contributed by atoms with E-state index >= 15 is 0 Å². The van der Waals surface area contributed by atoms with Crippen molar-refractivity contribution < 1.29 is 33.3 Å². The van der Waals surface area contributed by atoms with Crippen molar-refractivity contribution in [3.63, 3.8) is 0 Å². The third kappa shape index (κ3) is 7.20. The standard InChI is InChI=1S/C35H40ClNO7/c1-35(2,3)44-32(39)21-42-23-15-17-37(18-16-23)31(38)20-30-26-10-7-6-9-24(26)25-14-13-22(36)19-28(25)33(43-30)27-11-8-12-29(40-4)34(27)41-5/h6-14,19,23,30,33H,15-18,20-21H2,1-5H3. The van der Waals surface area contributed by atoms with Gasteiger partial charge in [0, 0.05) is 23.7 Å². The normalized spacial score (nSPS) is 18.5. The van der Waals surface area contributed by atoms with Crippen molar-refractivity contribution in [1.29, 1.82) is 0 Å². The lowest BCUT2D eigenvalue weighted by atomic mass is 9.90. The van der Waals surface area contributed by atoms with E-state index in [0.29, 0.717) is 42.5 Å². The van der Waals surface area contributed by atoms with Crippen LogP contribution in [0.2, 0.25) is 5.02 Å². The number of methoxy groups -OCH3 is 2. The molecule has 0 saturated carbocycles. The number of ether oxygens (including phenoxy) is 5. The van der Waals surface area contributed by atoms with Gasteiger partial charge in [-0.05, 0) is 74.1 Å². The predicted octanol–water partition coefficient (Wildman–Crippen LogP) is 6.92. The number of fused-ring (bicyclic) bond motifs is 3. The van der Waals surface area contributed by atoms with Crippen LogP contribution in [-0.2, 0) is 23.8 Å². The highest BCUT2D eigenvalue weighted by Gasteiger charge is 2.35. The van der Waals surface area contributed by atoms with Gasteiger partial charge in [0.15, 0.2) is 11.5 Å². The van der Waals surface area contributed by atoms with Gasteiger partial charge in [-0.15, -0.1) is 0 Å². The lowest BCUT2D eigenvalue weighted by Crippen LogP contribution is -2.42. The first-order chi connectivity index (χ1) is 21.1. The van der Waals surface area contributed by atoms with Gasteiger partial charge >= 0.3 is 5.97 Å². The maximum Gasteiger partial charge on any atom is 0.332 e. The van der Waals surface area contributed by atoms with E-state index in [1.165, 1.54) is 0 Å². The average molecular weight is 622 g/mol. The molecule has 2 unspecified atom stereocenters. The number of esters is 1. The first-order valence-electron chi connectivity index (χ1n) is 14.9. The molecule has 3 aromatic carbocycles. The second-order valence-electron chi connectivity index (χ2n) is 12.1. The summed E-state index contributed by atoms with van der Waals surface area (Å²) < 4.78 is 29.5. The van der Waals surface area contributed by atoms with Crippen molar-refractivity contribution in [1.82, 2.24) is 4.90 Å². The second-order valence-corrected chi connectivity index (χ2v) is 12.5. The monoisotopic (exact) mass is 621 g/mol. The molecular formula is C35H40ClNO7. The van der Waals surface area contributed by atoms with Crippen LogP contribution in [0.15, 0.2) is 60.7 Å². The van der Waals surface area contributed by atoms with E-state index in [1.54, 1.807) is 14.2 Å². The van der Waals surface area contributed by atoms with Crippen LogP contribution in [0, 0.1) is 0 Å². The molecule has 8 nitrogen and oxygen atoms in total. The zero-order valence-electron chi connectivity index (χ0n) is 25.9. The number of nitrogens with zero attached hydrogens (tertiary/aromatic N) is 1. The van der Waals surface area contributed by atoms with Crippen molar-refractivity contribution in [3.05, 3.63) is 82.4 Å². The first-order valence-corrected chi connectivity index (χ1v) is 15.3. The van der Waals surface area contributed by atoms with E-state index in [4.69, 9.17) is 35.3 Å². The van der Waals surface area contributed by atoms with E-state index in [0.717, 1.165) is 27.8 Å². The molecule has 44 heavy (non-hydrogen) atoms. The number of amides is 1. The minimum absolute atomic E-state index is 0.00394. The van der Waals surface area contributed by atoms with E-state index < -0.39 is 17.8 Å². The Hall–Kier alpha value is -3.59. The highest BCUT2D eigenvalue weighted by molar-refractivity contribution is 6.30. The largest absolute Gasteiger partial charge is 0.493 e. The zero-order valence-corrected chi connectivity index (χ0v) is 26.7. The fraction of sp³-hybridized carbons (Fsp3) is 0.429. The number of carbonyl (C=O) groups excluding carboxylic acids is 2. The van der Waals surface area contributed by atoms with Crippen LogP contribution in [0.3, 0.4) is 0 Å². The number of likely N-dealkylation sites (tertiary alicyclic amines) is 1. The maximum absolute atomic E-state index is 13.8. The van der Waals surface area contributed by atoms with Crippen molar-refractivity contribution in [2.75, 3.05) is 33.9 Å². The third-order valence-electron chi connectivity index (χ3n) is 7.92. The Balaban J connectivity index is 1.37. The summed E-state index contributed by atoms with van der Waals surface area (Å²) >= 11 is 6.54. The van der Waals surface area contributed by atoms with E-state index in [1.807, 2.05) is 80.3 Å². The van der Waals surface area contributed by atoms with Crippen molar-refractivity contribution in [2.24, 2.45) is 0 Å². The third-order valence-corrected chi connectivity index (χ3v) is 8.16. The molecule has 1 fully saturated rings. The zero-order chi connectivity index (χ0) is 31.4. The summed E-state index contributed by atoms with van der Waals surface area (Å²) in [5, 5.41) is 0.586. The predicted molar refractivity (Wildman–Crippen MR) is 168 cm³/mol. The maximum atomic E-state index is 13.8. The topological polar surface area (TPSA) is 83.5 Å². The van der Waals surface area contributed by atoms with Crippen molar-refractivity contribution >= 4 is 23.5 Å². The van der Waals surface area contributed by atoms with Gasteiger partial charge in [0.1, 0.15) is 18.3 Å². The summed E-state index contributed by atoms with van der Waals surface area (Å²) in [5.74, 6) is 0.763. The van der Waals surface area contributed by atoms with Crippen molar-refractivity contribution in [2.45, 2.75) is 63.9 Å². The number of halogens is 1. The van der Waals surface area contributed by atoms with Gasteiger partial charge in [-0.2, -0.15) is 0 Å². The Morgan fingerprint density at radius 1 is 0.909 bits per heavy atom. The fourth-order valence-electron chi connectivity index (χ4n) is 5.96. The van der Waals surface area contributed by atoms with Gasteiger partial charge in [-0.25, -0.2) is 4.79 Å². The van der Waals surface area contributed by atoms with Crippen molar-refractivity contribution in [3.8, 4) is 22.6 Å². The van der Waals surface area contributed by atoms with Gasteiger partial charge in [0.05, 0.1) is 32.8 Å². The van der Waals surface area contributed by atoms with Gasteiger partial charge in [-0.3, -0.25) is 4.79 Å². The molecule has 0 radical (unpaired) electrons. The Labute approximate surface area is 264 Å². The van der Waals surface area contributed by atoms with E-state index in [2.05, 4.69) is 6.07 Å². The molecule has 0 N–H and O–H groups in total. The molecule has 0 spiro atoms. The molecule has 2 heterocycles. The SMILES string of the molecule is COc1cccc(C2OC(CC(=O)N3CCC(OCC(=O)OC(C)(C)C)CC3)c3ccccc3-c3ccc(Cl)cc32)c1OC. The lowest BCUT2D eigenvalue weighted by molar-refractivity contribution is -0.163. The number of hydrogen-bond donors (Lipinski definition) is 0. The molecule has 2 aliphatic heterocycles. The number of rotatable bonds is 8. The Kier molecular flexibility index (Phi) is 9.83. The number of carbonyl (C=O) groups is 2. The molecule has 0 bridgehead atoms. The number of piperidine rings is 1. The molecule has 9 heteroatoms. The smallest absolute Gasteiger partial charge is 0.332 e. The summed E-state index contributed by atoms with van der Waals surface area (Å²) in [6.45, 7) is 6.46. The summed E-state index contributed by atoms with van der Waals surface area (Å²) in [6, 6.07) is 19.5. The van der Waals surface area contributed by atoms with Crippen LogP contribution < -0.4 is 9.47 Å². The van der Waals surface area contributed by atoms with Crippen LogP contribution in [0.1, 0.15) is 68.9 Å². The van der Waals surface area contributed by atoms with E-state index in [-0.39, 0.29) is 31.0 Å². The van der Waals surface area contributed by atoms with Gasteiger partial charge < -0.3 is 28.6 Å². The summed E-state index contributed by atoms with van der Waals surface area (Å²) in [7, 11) is 3.21. The molecule has 1 amide bonds. The van der Waals surface area contributed by atoms with E-state index in [9.17, 15) is 9.59 Å². The lowest BCUT2D eigenvalue weighted by Gasteiger charge is -2.33. The van der Waals surface area contributed by atoms with Gasteiger partial charge in [-0.1, -0.05) is 54.1 Å². The highest BCUT2D eigenvalue weighted by Crippen LogP contribution is 2.49. The minimum Gasteiger partial charge on any atom is -0.493 e. The molecule has 2 atom stereocenters. The van der Waals surface area contributed by atoms with Crippen LogP contribution in [0.25, 0.3) is 11.1 Å². The number of para-hydroxylation sites is 1. The van der Waals surface area contributed by atoms with Crippen LogP contribution in [-0.4, -0.2) is 62.4 Å². The number of hydrogen-bond acceptors (Lipinski definition) is 7. The number of benzene rings is 3. The summed E-state index contributed by atoms with van der Waals surface area (Å²) in [4.78, 5) is 27.7. The quantitative estimate of drug-likeness (QED) is 0.252. The van der Waals surface area contributed by atoms with Gasteiger partial charge in [0.2, 0.25) is 5.91 Å².